The number of anilines is 1. The van der Waals surface area contributed by atoms with Crippen molar-refractivity contribution in [2.24, 2.45) is 0 Å². The molecule has 2 rings (SSSR count). The Bertz CT molecular complexity index is 682. The number of hydrogen-bond donors (Lipinski definition) is 3. The maximum Gasteiger partial charge on any atom is 0.313 e. The molecule has 0 aliphatic carbocycles. The first kappa shape index (κ1) is 17.7. The Kier molecular flexibility index (Phi) is 6.14. The minimum Gasteiger partial charge on any atom is -0.467 e. The highest BCUT2D eigenvalue weighted by molar-refractivity contribution is 6.39. The molecule has 6 nitrogen and oxygen atoms in total. The number of nitrogens with one attached hydrogen (secondary N) is 2. The Morgan fingerprint density at radius 3 is 2.67 bits per heavy atom. The van der Waals surface area contributed by atoms with Gasteiger partial charge in [0.25, 0.3) is 0 Å². The van der Waals surface area contributed by atoms with Crippen molar-refractivity contribution in [3.05, 3.63) is 54.0 Å². The summed E-state index contributed by atoms with van der Waals surface area (Å²) in [5.74, 6) is -1.05. The van der Waals surface area contributed by atoms with Crippen LogP contribution in [0.2, 0.25) is 0 Å². The largest absolute Gasteiger partial charge is 0.467 e. The van der Waals surface area contributed by atoms with Crippen LogP contribution in [0.25, 0.3) is 0 Å². The van der Waals surface area contributed by atoms with E-state index in [0.717, 1.165) is 12.0 Å². The van der Waals surface area contributed by atoms with Gasteiger partial charge in [0.1, 0.15) is 11.9 Å². The van der Waals surface area contributed by atoms with Crippen molar-refractivity contribution >= 4 is 17.5 Å². The van der Waals surface area contributed by atoms with E-state index < -0.39 is 17.9 Å². The summed E-state index contributed by atoms with van der Waals surface area (Å²) < 4.78 is 5.11. The van der Waals surface area contributed by atoms with Gasteiger partial charge in [0, 0.05) is 18.2 Å². The number of aliphatic hydroxyl groups excluding tert-OH is 1. The fourth-order valence-electron chi connectivity index (χ4n) is 2.34. The molecule has 2 unspecified atom stereocenters. The minimum absolute atomic E-state index is 0.248. The lowest BCUT2D eigenvalue weighted by molar-refractivity contribution is -0.136. The predicted molar refractivity (Wildman–Crippen MR) is 90.3 cm³/mol. The average molecular weight is 330 g/mol. The van der Waals surface area contributed by atoms with Crippen LogP contribution in [-0.4, -0.2) is 23.0 Å². The third-order valence-electron chi connectivity index (χ3n) is 3.63. The fourth-order valence-corrected chi connectivity index (χ4v) is 2.34. The Morgan fingerprint density at radius 1 is 1.21 bits per heavy atom. The zero-order chi connectivity index (χ0) is 17.5. The van der Waals surface area contributed by atoms with Crippen LogP contribution in [0.5, 0.6) is 0 Å². The smallest absolute Gasteiger partial charge is 0.313 e. The Balaban J connectivity index is 1.85. The van der Waals surface area contributed by atoms with Gasteiger partial charge < -0.3 is 20.2 Å². The maximum absolute atomic E-state index is 12.0. The highest BCUT2D eigenvalue weighted by Crippen LogP contribution is 2.18. The van der Waals surface area contributed by atoms with E-state index in [1.165, 1.54) is 6.26 Å². The first-order valence-electron chi connectivity index (χ1n) is 7.91. The van der Waals surface area contributed by atoms with Crippen molar-refractivity contribution in [2.75, 3.05) is 5.32 Å². The minimum atomic E-state index is -0.834. The number of carbonyl (C=O) groups excluding carboxylic acids is 2. The Labute approximate surface area is 140 Å². The van der Waals surface area contributed by atoms with Crippen LogP contribution in [0, 0.1) is 0 Å². The SMILES string of the molecule is CCc1cccc(NC(=O)C(=O)NC(C)CC(O)c2ccco2)c1. The zero-order valence-corrected chi connectivity index (χ0v) is 13.8. The summed E-state index contributed by atoms with van der Waals surface area (Å²) in [7, 11) is 0. The molecule has 0 bridgehead atoms. The topological polar surface area (TPSA) is 91.6 Å². The van der Waals surface area contributed by atoms with Crippen molar-refractivity contribution < 1.29 is 19.1 Å². The van der Waals surface area contributed by atoms with E-state index >= 15 is 0 Å². The molecule has 2 amide bonds. The van der Waals surface area contributed by atoms with Crippen molar-refractivity contribution in [3.8, 4) is 0 Å². The van der Waals surface area contributed by atoms with Gasteiger partial charge in [0.15, 0.2) is 0 Å². The molecule has 1 aromatic heterocycles. The highest BCUT2D eigenvalue weighted by atomic mass is 16.4. The van der Waals surface area contributed by atoms with Gasteiger partial charge in [0.05, 0.1) is 6.26 Å². The van der Waals surface area contributed by atoms with Crippen LogP contribution in [0.1, 0.15) is 37.7 Å². The van der Waals surface area contributed by atoms with Crippen LogP contribution >= 0.6 is 0 Å². The lowest BCUT2D eigenvalue weighted by atomic mass is 10.1. The molecule has 6 heteroatoms. The van der Waals surface area contributed by atoms with Crippen LogP contribution in [0.4, 0.5) is 5.69 Å². The highest BCUT2D eigenvalue weighted by Gasteiger charge is 2.20. The van der Waals surface area contributed by atoms with Crippen molar-refractivity contribution in [2.45, 2.75) is 38.8 Å². The standard InChI is InChI=1S/C18H22N2O4/c1-3-13-6-4-7-14(11-13)20-18(23)17(22)19-12(2)10-15(21)16-8-5-9-24-16/h4-9,11-12,15,21H,3,10H2,1-2H3,(H,19,22)(H,20,23). The van der Waals surface area contributed by atoms with Crippen LogP contribution in [0.15, 0.2) is 47.1 Å². The number of aliphatic hydroxyl groups is 1. The number of carbonyl (C=O) groups is 2. The van der Waals surface area contributed by atoms with Crippen LogP contribution in [0.3, 0.4) is 0 Å². The summed E-state index contributed by atoms with van der Waals surface area (Å²) in [6.07, 6.45) is 1.73. The van der Waals surface area contributed by atoms with E-state index in [4.69, 9.17) is 4.42 Å². The van der Waals surface area contributed by atoms with E-state index in [1.54, 1.807) is 25.1 Å². The number of furan rings is 1. The molecule has 1 heterocycles. The van der Waals surface area contributed by atoms with Gasteiger partial charge in [-0.3, -0.25) is 9.59 Å². The lowest BCUT2D eigenvalue weighted by Crippen LogP contribution is -2.41. The molecule has 0 saturated carbocycles. The molecular formula is C18H22N2O4. The van der Waals surface area contributed by atoms with Gasteiger partial charge >= 0.3 is 11.8 Å². The van der Waals surface area contributed by atoms with Gasteiger partial charge in [-0.1, -0.05) is 19.1 Å². The second-order valence-electron chi connectivity index (χ2n) is 5.65. The first-order valence-corrected chi connectivity index (χ1v) is 7.91. The molecule has 1 aromatic carbocycles. The van der Waals surface area contributed by atoms with E-state index in [9.17, 15) is 14.7 Å². The molecule has 0 aliphatic rings. The van der Waals surface area contributed by atoms with Crippen molar-refractivity contribution in [3.63, 3.8) is 0 Å². The Morgan fingerprint density at radius 2 is 2.00 bits per heavy atom. The normalized spacial score (nSPS) is 13.1. The second-order valence-corrected chi connectivity index (χ2v) is 5.65. The maximum atomic E-state index is 12.0. The third kappa shape index (κ3) is 4.96. The van der Waals surface area contributed by atoms with E-state index in [0.29, 0.717) is 11.4 Å². The van der Waals surface area contributed by atoms with Crippen molar-refractivity contribution in [1.29, 1.82) is 0 Å². The summed E-state index contributed by atoms with van der Waals surface area (Å²) in [5.41, 5.74) is 1.65. The molecule has 0 radical (unpaired) electrons. The van der Waals surface area contributed by atoms with E-state index in [1.807, 2.05) is 25.1 Å². The molecule has 0 saturated heterocycles. The molecule has 3 N–H and O–H groups in total. The molecule has 2 atom stereocenters. The van der Waals surface area contributed by atoms with Gasteiger partial charge in [-0.05, 0) is 43.2 Å². The molecule has 2 aromatic rings. The van der Waals surface area contributed by atoms with Gasteiger partial charge in [-0.25, -0.2) is 0 Å². The summed E-state index contributed by atoms with van der Waals surface area (Å²) in [6, 6.07) is 10.3. The molecule has 0 aliphatic heterocycles. The third-order valence-corrected chi connectivity index (χ3v) is 3.63. The summed E-state index contributed by atoms with van der Waals surface area (Å²) in [6.45, 7) is 3.73. The zero-order valence-electron chi connectivity index (χ0n) is 13.8. The predicted octanol–water partition coefficient (Wildman–Crippen LogP) is 2.41. The van der Waals surface area contributed by atoms with Crippen LogP contribution in [-0.2, 0) is 16.0 Å². The molecule has 0 spiro atoms. The summed E-state index contributed by atoms with van der Waals surface area (Å²) in [5, 5.41) is 15.1. The van der Waals surface area contributed by atoms with E-state index in [-0.39, 0.29) is 12.5 Å². The first-order chi connectivity index (χ1) is 11.5. The molecule has 128 valence electrons. The quantitative estimate of drug-likeness (QED) is 0.709. The number of hydrogen-bond acceptors (Lipinski definition) is 4. The molecule has 24 heavy (non-hydrogen) atoms. The Hall–Kier alpha value is -2.60. The second kappa shape index (κ2) is 8.31. The number of benzene rings is 1. The monoisotopic (exact) mass is 330 g/mol. The fraction of sp³-hybridized carbons (Fsp3) is 0.333. The summed E-state index contributed by atoms with van der Waals surface area (Å²) >= 11 is 0. The van der Waals surface area contributed by atoms with Gasteiger partial charge in [0.2, 0.25) is 0 Å². The van der Waals surface area contributed by atoms with Crippen LogP contribution < -0.4 is 10.6 Å². The van der Waals surface area contributed by atoms with Gasteiger partial charge in [-0.2, -0.15) is 0 Å². The van der Waals surface area contributed by atoms with Gasteiger partial charge in [-0.15, -0.1) is 0 Å². The van der Waals surface area contributed by atoms with E-state index in [2.05, 4.69) is 10.6 Å². The average Bonchev–Trinajstić information content (AvgIpc) is 3.09. The number of rotatable bonds is 6. The number of aryl methyl sites for hydroxylation is 1. The lowest BCUT2D eigenvalue weighted by Gasteiger charge is -2.16. The van der Waals surface area contributed by atoms with Crippen molar-refractivity contribution in [1.82, 2.24) is 5.32 Å². The molecule has 0 fully saturated rings. The molecular weight excluding hydrogens is 308 g/mol. The number of amides is 2. The summed E-state index contributed by atoms with van der Waals surface area (Å²) in [4.78, 5) is 23.9.